The number of benzene rings is 1. The zero-order valence-corrected chi connectivity index (χ0v) is 16.9. The summed E-state index contributed by atoms with van der Waals surface area (Å²) in [6.45, 7) is 2.36. The molecular formula is C23H21FN6O. The number of rotatable bonds is 2. The molecule has 5 heterocycles. The summed E-state index contributed by atoms with van der Waals surface area (Å²) in [6, 6.07) is 6.46. The van der Waals surface area contributed by atoms with Crippen LogP contribution in [0.1, 0.15) is 36.0 Å². The number of aromatic nitrogens is 4. The number of nitrogens with one attached hydrogen (secondary N) is 1. The molecule has 0 aliphatic carbocycles. The molecule has 6 rings (SSSR count). The minimum atomic E-state index is -0.298. The Bertz CT molecular complexity index is 1340. The van der Waals surface area contributed by atoms with Crippen molar-refractivity contribution in [3.05, 3.63) is 48.0 Å². The maximum absolute atomic E-state index is 13.7. The summed E-state index contributed by atoms with van der Waals surface area (Å²) in [7, 11) is 0. The van der Waals surface area contributed by atoms with Gasteiger partial charge in [0.2, 0.25) is 0 Å². The van der Waals surface area contributed by atoms with E-state index < -0.39 is 0 Å². The average Bonchev–Trinajstić information content (AvgIpc) is 3.23. The Morgan fingerprint density at radius 2 is 1.94 bits per heavy atom. The molecule has 7 nitrogen and oxygen atoms in total. The first-order chi connectivity index (χ1) is 15.2. The highest BCUT2D eigenvalue weighted by Gasteiger charge is 2.30. The summed E-state index contributed by atoms with van der Waals surface area (Å²) in [6.07, 6.45) is 7.34. The molecule has 0 bridgehead atoms. The lowest BCUT2D eigenvalue weighted by molar-refractivity contribution is 0.0983. The Labute approximate surface area is 177 Å². The lowest BCUT2D eigenvalue weighted by Crippen LogP contribution is -2.34. The third-order valence-electron chi connectivity index (χ3n) is 6.16. The van der Waals surface area contributed by atoms with Gasteiger partial charge in [-0.15, -0.1) is 0 Å². The van der Waals surface area contributed by atoms with Gasteiger partial charge in [-0.1, -0.05) is 0 Å². The average molecular weight is 416 g/mol. The molecule has 0 atom stereocenters. The van der Waals surface area contributed by atoms with Crippen molar-refractivity contribution in [2.75, 3.05) is 29.9 Å². The molecule has 1 fully saturated rings. The predicted molar refractivity (Wildman–Crippen MR) is 117 cm³/mol. The SMILES string of the molecule is O=C1CCNc2c1c(N1CCCCC1)nc1c(-c3cnc4ccc(F)cc4c3)cnn21. The number of nitrogens with zero attached hydrogens (tertiary/aromatic N) is 5. The molecule has 0 saturated carbocycles. The van der Waals surface area contributed by atoms with Crippen molar-refractivity contribution in [2.45, 2.75) is 25.7 Å². The van der Waals surface area contributed by atoms with Gasteiger partial charge in [0.15, 0.2) is 11.4 Å². The van der Waals surface area contributed by atoms with Crippen molar-refractivity contribution < 1.29 is 9.18 Å². The quantitative estimate of drug-likeness (QED) is 0.531. The first kappa shape index (κ1) is 18.2. The van der Waals surface area contributed by atoms with Gasteiger partial charge < -0.3 is 10.2 Å². The number of hydrogen-bond donors (Lipinski definition) is 1. The fourth-order valence-corrected chi connectivity index (χ4v) is 4.61. The van der Waals surface area contributed by atoms with E-state index in [0.717, 1.165) is 53.8 Å². The van der Waals surface area contributed by atoms with Gasteiger partial charge in [0.05, 0.1) is 11.7 Å². The summed E-state index contributed by atoms with van der Waals surface area (Å²) >= 11 is 0. The number of carbonyl (C=O) groups is 1. The van der Waals surface area contributed by atoms with Crippen LogP contribution in [0.5, 0.6) is 0 Å². The van der Waals surface area contributed by atoms with Crippen LogP contribution in [0.4, 0.5) is 16.0 Å². The van der Waals surface area contributed by atoms with Crippen LogP contribution in [0.15, 0.2) is 36.7 Å². The normalized spacial score (nSPS) is 16.5. The number of halogens is 1. The van der Waals surface area contributed by atoms with E-state index in [0.29, 0.717) is 30.0 Å². The predicted octanol–water partition coefficient (Wildman–Crippen LogP) is 4.07. The van der Waals surface area contributed by atoms with Crippen molar-refractivity contribution in [2.24, 2.45) is 0 Å². The van der Waals surface area contributed by atoms with Crippen molar-refractivity contribution in [1.82, 2.24) is 19.6 Å². The molecule has 0 amide bonds. The standard InChI is InChI=1S/C23H21FN6O/c24-16-4-5-18-14(11-16)10-15(12-26-18)17-13-27-30-21(17)28-23(29-8-2-1-3-9-29)20-19(31)6-7-25-22(20)30/h4-5,10-13,25H,1-3,6-9H2. The molecule has 1 aromatic carbocycles. The molecule has 2 aliphatic heterocycles. The molecule has 31 heavy (non-hydrogen) atoms. The van der Waals surface area contributed by atoms with Crippen molar-refractivity contribution >= 4 is 34.0 Å². The highest BCUT2D eigenvalue weighted by atomic mass is 19.1. The second-order valence-corrected chi connectivity index (χ2v) is 8.16. The molecule has 8 heteroatoms. The molecule has 3 aromatic heterocycles. The van der Waals surface area contributed by atoms with Crippen LogP contribution in [-0.4, -0.2) is 45.0 Å². The van der Waals surface area contributed by atoms with Gasteiger partial charge in [-0.3, -0.25) is 9.78 Å². The highest BCUT2D eigenvalue weighted by molar-refractivity contribution is 6.07. The Kier molecular flexibility index (Phi) is 4.12. The molecule has 0 radical (unpaired) electrons. The number of Topliss-reactive ketones (excluding diaryl/α,β-unsaturated/α-hetero) is 1. The fraction of sp³-hybridized carbons (Fsp3) is 0.304. The number of piperidine rings is 1. The maximum Gasteiger partial charge on any atom is 0.172 e. The van der Waals surface area contributed by atoms with Gasteiger partial charge in [-0.2, -0.15) is 9.61 Å². The Balaban J connectivity index is 1.58. The van der Waals surface area contributed by atoms with E-state index >= 15 is 0 Å². The van der Waals surface area contributed by atoms with Crippen LogP contribution in [-0.2, 0) is 0 Å². The van der Waals surface area contributed by atoms with Gasteiger partial charge >= 0.3 is 0 Å². The maximum atomic E-state index is 13.7. The van der Waals surface area contributed by atoms with E-state index in [1.54, 1.807) is 23.0 Å². The largest absolute Gasteiger partial charge is 0.369 e. The van der Waals surface area contributed by atoms with Crippen LogP contribution in [0.3, 0.4) is 0 Å². The molecular weight excluding hydrogens is 395 g/mol. The summed E-state index contributed by atoms with van der Waals surface area (Å²) in [5.74, 6) is 1.24. The molecule has 156 valence electrons. The monoisotopic (exact) mass is 416 g/mol. The number of pyridine rings is 1. The number of ketones is 1. The minimum absolute atomic E-state index is 0.101. The number of fused-ring (bicyclic) bond motifs is 4. The lowest BCUT2D eigenvalue weighted by atomic mass is 10.0. The zero-order valence-electron chi connectivity index (χ0n) is 16.9. The minimum Gasteiger partial charge on any atom is -0.369 e. The van der Waals surface area contributed by atoms with Crippen LogP contribution in [0, 0.1) is 5.82 Å². The summed E-state index contributed by atoms with van der Waals surface area (Å²) < 4.78 is 15.5. The third kappa shape index (κ3) is 2.93. The van der Waals surface area contributed by atoms with E-state index in [1.807, 2.05) is 6.07 Å². The Hall–Kier alpha value is -3.55. The van der Waals surface area contributed by atoms with Crippen molar-refractivity contribution in [1.29, 1.82) is 0 Å². The Morgan fingerprint density at radius 3 is 2.81 bits per heavy atom. The molecule has 0 spiro atoms. The summed E-state index contributed by atoms with van der Waals surface area (Å²) in [4.78, 5) is 24.5. The van der Waals surface area contributed by atoms with Crippen LogP contribution in [0.25, 0.3) is 27.7 Å². The van der Waals surface area contributed by atoms with Crippen LogP contribution < -0.4 is 10.2 Å². The Morgan fingerprint density at radius 1 is 1.06 bits per heavy atom. The fourth-order valence-electron chi connectivity index (χ4n) is 4.61. The number of carbonyl (C=O) groups excluding carboxylic acids is 1. The molecule has 2 aliphatic rings. The molecule has 0 unspecified atom stereocenters. The second-order valence-electron chi connectivity index (χ2n) is 8.16. The van der Waals surface area contributed by atoms with Crippen molar-refractivity contribution in [3.8, 4) is 11.1 Å². The van der Waals surface area contributed by atoms with Gasteiger partial charge in [-0.05, 0) is 43.5 Å². The van der Waals surface area contributed by atoms with E-state index in [4.69, 9.17) is 4.98 Å². The molecule has 1 saturated heterocycles. The number of anilines is 2. The summed E-state index contributed by atoms with van der Waals surface area (Å²) in [5.41, 5.74) is 3.65. The summed E-state index contributed by atoms with van der Waals surface area (Å²) in [5, 5.41) is 8.63. The number of hydrogen-bond acceptors (Lipinski definition) is 6. The lowest BCUT2D eigenvalue weighted by Gasteiger charge is -2.31. The first-order valence-electron chi connectivity index (χ1n) is 10.7. The van der Waals surface area contributed by atoms with Gasteiger partial charge in [-0.25, -0.2) is 9.37 Å². The van der Waals surface area contributed by atoms with Gasteiger partial charge in [0.25, 0.3) is 0 Å². The van der Waals surface area contributed by atoms with E-state index in [2.05, 4.69) is 20.3 Å². The van der Waals surface area contributed by atoms with Gasteiger partial charge in [0.1, 0.15) is 23.0 Å². The van der Waals surface area contributed by atoms with E-state index in [9.17, 15) is 9.18 Å². The van der Waals surface area contributed by atoms with E-state index in [1.165, 1.54) is 18.6 Å². The van der Waals surface area contributed by atoms with Crippen LogP contribution >= 0.6 is 0 Å². The third-order valence-corrected chi connectivity index (χ3v) is 6.16. The topological polar surface area (TPSA) is 75.4 Å². The second kappa shape index (κ2) is 7.01. The molecule has 4 aromatic rings. The van der Waals surface area contributed by atoms with Crippen LogP contribution in [0.2, 0.25) is 0 Å². The van der Waals surface area contributed by atoms with Crippen molar-refractivity contribution in [3.63, 3.8) is 0 Å². The highest BCUT2D eigenvalue weighted by Crippen LogP contribution is 2.35. The first-order valence-corrected chi connectivity index (χ1v) is 10.7. The van der Waals surface area contributed by atoms with E-state index in [-0.39, 0.29) is 11.6 Å². The van der Waals surface area contributed by atoms with Gasteiger partial charge in [0, 0.05) is 48.8 Å². The zero-order chi connectivity index (χ0) is 20.9. The smallest absolute Gasteiger partial charge is 0.172 e. The molecule has 1 N–H and O–H groups in total.